The van der Waals surface area contributed by atoms with Crippen molar-refractivity contribution in [1.29, 1.82) is 0 Å². The molecule has 8 nitrogen and oxygen atoms in total. The number of anilines is 1. The highest BCUT2D eigenvalue weighted by molar-refractivity contribution is 7.18. The topological polar surface area (TPSA) is 121 Å². The maximum absolute atomic E-state index is 10.7. The molecule has 26 heavy (non-hydrogen) atoms. The van der Waals surface area contributed by atoms with Crippen LogP contribution < -0.4 is 5.32 Å². The molecule has 9 heteroatoms. The molecule has 0 saturated heterocycles. The summed E-state index contributed by atoms with van der Waals surface area (Å²) in [7, 11) is 0. The summed E-state index contributed by atoms with van der Waals surface area (Å²) in [5.74, 6) is 0.533. The number of non-ortho nitro benzene ring substituents is 1. The predicted octanol–water partition coefficient (Wildman–Crippen LogP) is 2.67. The van der Waals surface area contributed by atoms with Crippen LogP contribution in [-0.2, 0) is 6.42 Å². The molecule has 1 aromatic carbocycles. The Balaban J connectivity index is 1.85. The standard InChI is InChI=1S/C17H18N4O4S/c1-2-12-7-13-16(18-9-19-17(13)26-12)20-14(8-22)15(23)10-3-5-11(6-4-10)21(24)25/h3-7,9,14-15,22-23H,2,8H2,1H3,(H,18,19,20)/t14-,15+/m0/s1. The molecule has 0 spiro atoms. The summed E-state index contributed by atoms with van der Waals surface area (Å²) in [5.41, 5.74) is 0.407. The molecule has 3 aromatic rings. The second-order valence-electron chi connectivity index (χ2n) is 5.73. The fraction of sp³-hybridized carbons (Fsp3) is 0.294. The third kappa shape index (κ3) is 3.64. The number of hydrogen-bond donors (Lipinski definition) is 3. The molecule has 0 saturated carbocycles. The van der Waals surface area contributed by atoms with Gasteiger partial charge in [-0.05, 0) is 30.2 Å². The van der Waals surface area contributed by atoms with Crippen LogP contribution >= 0.6 is 11.3 Å². The SMILES string of the molecule is CCc1cc2c(N[C@@H](CO)[C@H](O)c3ccc([N+](=O)[O-])cc3)ncnc2s1. The van der Waals surface area contributed by atoms with E-state index in [2.05, 4.69) is 22.2 Å². The van der Waals surface area contributed by atoms with E-state index in [0.717, 1.165) is 16.6 Å². The molecule has 0 amide bonds. The van der Waals surface area contributed by atoms with Crippen molar-refractivity contribution in [3.63, 3.8) is 0 Å². The van der Waals surface area contributed by atoms with Crippen LogP contribution in [0.5, 0.6) is 0 Å². The zero-order valence-electron chi connectivity index (χ0n) is 14.0. The summed E-state index contributed by atoms with van der Waals surface area (Å²) in [5, 5.41) is 34.9. The Kier molecular flexibility index (Phi) is 5.40. The summed E-state index contributed by atoms with van der Waals surface area (Å²) in [6, 6.07) is 6.87. The van der Waals surface area contributed by atoms with Gasteiger partial charge < -0.3 is 15.5 Å². The number of nitrogens with one attached hydrogen (secondary N) is 1. The number of aliphatic hydroxyl groups excluding tert-OH is 2. The molecule has 0 aliphatic rings. The average molecular weight is 374 g/mol. The molecule has 0 radical (unpaired) electrons. The van der Waals surface area contributed by atoms with E-state index in [0.29, 0.717) is 11.4 Å². The number of nitro benzene ring substituents is 1. The van der Waals surface area contributed by atoms with Crippen molar-refractivity contribution < 1.29 is 15.1 Å². The molecule has 0 fully saturated rings. The average Bonchev–Trinajstić information content (AvgIpc) is 3.09. The Morgan fingerprint density at radius 1 is 1.31 bits per heavy atom. The minimum Gasteiger partial charge on any atom is -0.394 e. The van der Waals surface area contributed by atoms with Gasteiger partial charge in [-0.3, -0.25) is 10.1 Å². The number of aryl methyl sites for hydroxylation is 1. The van der Waals surface area contributed by atoms with Gasteiger partial charge in [0.05, 0.1) is 23.0 Å². The van der Waals surface area contributed by atoms with Crippen LogP contribution in [0.1, 0.15) is 23.5 Å². The molecule has 0 unspecified atom stereocenters. The third-order valence-electron chi connectivity index (χ3n) is 4.07. The Labute approximate surface area is 153 Å². The Morgan fingerprint density at radius 2 is 2.04 bits per heavy atom. The monoisotopic (exact) mass is 374 g/mol. The molecule has 3 rings (SSSR count). The molecule has 0 bridgehead atoms. The first-order valence-corrected chi connectivity index (χ1v) is 8.88. The van der Waals surface area contributed by atoms with Gasteiger partial charge in [0.15, 0.2) is 0 Å². The number of benzene rings is 1. The second kappa shape index (κ2) is 7.73. The van der Waals surface area contributed by atoms with Crippen molar-refractivity contribution in [1.82, 2.24) is 9.97 Å². The highest BCUT2D eigenvalue weighted by Gasteiger charge is 2.22. The van der Waals surface area contributed by atoms with Crippen LogP contribution in [0.2, 0.25) is 0 Å². The van der Waals surface area contributed by atoms with E-state index in [1.165, 1.54) is 35.5 Å². The number of nitro groups is 1. The number of rotatable bonds is 7. The van der Waals surface area contributed by atoms with Gasteiger partial charge in [-0.15, -0.1) is 11.3 Å². The van der Waals surface area contributed by atoms with E-state index >= 15 is 0 Å². The number of hydrogen-bond acceptors (Lipinski definition) is 8. The lowest BCUT2D eigenvalue weighted by Gasteiger charge is -2.23. The summed E-state index contributed by atoms with van der Waals surface area (Å²) in [6.07, 6.45) is 1.26. The quantitative estimate of drug-likeness (QED) is 0.429. The van der Waals surface area contributed by atoms with E-state index < -0.39 is 17.1 Å². The van der Waals surface area contributed by atoms with Crippen molar-refractivity contribution in [3.05, 3.63) is 57.2 Å². The number of thiophene rings is 1. The summed E-state index contributed by atoms with van der Waals surface area (Å²) < 4.78 is 0. The van der Waals surface area contributed by atoms with Crippen LogP contribution in [0.4, 0.5) is 11.5 Å². The van der Waals surface area contributed by atoms with Crippen LogP contribution in [0.3, 0.4) is 0 Å². The molecule has 0 aliphatic heterocycles. The molecule has 2 atom stereocenters. The van der Waals surface area contributed by atoms with Crippen molar-refractivity contribution in [2.45, 2.75) is 25.5 Å². The van der Waals surface area contributed by atoms with E-state index in [-0.39, 0.29) is 12.3 Å². The third-order valence-corrected chi connectivity index (χ3v) is 5.26. The number of aliphatic hydroxyl groups is 2. The second-order valence-corrected chi connectivity index (χ2v) is 6.85. The first kappa shape index (κ1) is 18.2. The van der Waals surface area contributed by atoms with Gasteiger partial charge in [0, 0.05) is 17.0 Å². The van der Waals surface area contributed by atoms with E-state index in [1.807, 2.05) is 6.07 Å². The van der Waals surface area contributed by atoms with E-state index in [1.54, 1.807) is 11.3 Å². The lowest BCUT2D eigenvalue weighted by Crippen LogP contribution is -2.31. The molecule has 2 heterocycles. The first-order chi connectivity index (χ1) is 12.5. The minimum absolute atomic E-state index is 0.0580. The van der Waals surface area contributed by atoms with Gasteiger partial charge >= 0.3 is 0 Å². The normalized spacial score (nSPS) is 13.5. The van der Waals surface area contributed by atoms with Crippen LogP contribution in [0, 0.1) is 10.1 Å². The van der Waals surface area contributed by atoms with Gasteiger partial charge in [-0.25, -0.2) is 9.97 Å². The van der Waals surface area contributed by atoms with Gasteiger partial charge in [-0.2, -0.15) is 0 Å². The molecule has 136 valence electrons. The van der Waals surface area contributed by atoms with Gasteiger partial charge in [0.1, 0.15) is 23.1 Å². The lowest BCUT2D eigenvalue weighted by atomic mass is 10.0. The van der Waals surface area contributed by atoms with Crippen molar-refractivity contribution in [2.24, 2.45) is 0 Å². The van der Waals surface area contributed by atoms with Crippen molar-refractivity contribution >= 4 is 33.1 Å². The fourth-order valence-electron chi connectivity index (χ4n) is 2.62. The van der Waals surface area contributed by atoms with Crippen LogP contribution in [-0.4, -0.2) is 37.8 Å². The minimum atomic E-state index is -1.06. The van der Waals surface area contributed by atoms with Crippen molar-refractivity contribution in [2.75, 3.05) is 11.9 Å². The van der Waals surface area contributed by atoms with E-state index in [4.69, 9.17) is 0 Å². The number of nitrogens with zero attached hydrogens (tertiary/aromatic N) is 3. The summed E-state index contributed by atoms with van der Waals surface area (Å²) >= 11 is 1.58. The smallest absolute Gasteiger partial charge is 0.269 e. The van der Waals surface area contributed by atoms with Gasteiger partial charge in [0.25, 0.3) is 5.69 Å². The van der Waals surface area contributed by atoms with Gasteiger partial charge in [-0.1, -0.05) is 6.92 Å². The molecule has 3 N–H and O–H groups in total. The first-order valence-electron chi connectivity index (χ1n) is 8.06. The van der Waals surface area contributed by atoms with E-state index in [9.17, 15) is 20.3 Å². The Bertz CT molecular complexity index is 913. The molecular weight excluding hydrogens is 356 g/mol. The van der Waals surface area contributed by atoms with Crippen LogP contribution in [0.25, 0.3) is 10.2 Å². The fourth-order valence-corrected chi connectivity index (χ4v) is 3.56. The predicted molar refractivity (Wildman–Crippen MR) is 99.3 cm³/mol. The Hall–Kier alpha value is -2.62. The molecule has 2 aromatic heterocycles. The molecular formula is C17H18N4O4S. The molecule has 0 aliphatic carbocycles. The maximum Gasteiger partial charge on any atom is 0.269 e. The highest BCUT2D eigenvalue weighted by atomic mass is 32.1. The zero-order valence-corrected chi connectivity index (χ0v) is 14.8. The maximum atomic E-state index is 10.7. The van der Waals surface area contributed by atoms with Crippen molar-refractivity contribution in [3.8, 4) is 0 Å². The summed E-state index contributed by atoms with van der Waals surface area (Å²) in [6.45, 7) is 1.72. The van der Waals surface area contributed by atoms with Gasteiger partial charge in [0.2, 0.25) is 0 Å². The number of aromatic nitrogens is 2. The highest BCUT2D eigenvalue weighted by Crippen LogP contribution is 2.30. The number of fused-ring (bicyclic) bond motifs is 1. The summed E-state index contributed by atoms with van der Waals surface area (Å²) in [4.78, 5) is 20.7. The van der Waals surface area contributed by atoms with Crippen LogP contribution in [0.15, 0.2) is 36.7 Å². The zero-order chi connectivity index (χ0) is 18.7. The Morgan fingerprint density at radius 3 is 2.65 bits per heavy atom. The largest absolute Gasteiger partial charge is 0.394 e. The lowest BCUT2D eigenvalue weighted by molar-refractivity contribution is -0.384.